The monoisotopic (exact) mass is 254 g/mol. The molecule has 2 aromatic heterocycles. The molecule has 2 nitrogen and oxygen atoms in total. The van der Waals surface area contributed by atoms with Gasteiger partial charge in [-0.05, 0) is 33.4 Å². The Labute approximate surface area is 88.6 Å². The maximum Gasteiger partial charge on any atom is 0.132 e. The highest BCUT2D eigenvalue weighted by atomic mass is 79.9. The van der Waals surface area contributed by atoms with Crippen molar-refractivity contribution in [2.45, 2.75) is 0 Å². The number of hydrogen-bond acceptors (Lipinski definition) is 3. The molecule has 2 heterocycles. The molecule has 0 saturated carbocycles. The summed E-state index contributed by atoms with van der Waals surface area (Å²) in [6, 6.07) is 6.01. The van der Waals surface area contributed by atoms with Crippen LogP contribution in [0.15, 0.2) is 34.2 Å². The zero-order valence-corrected chi connectivity index (χ0v) is 9.10. The maximum absolute atomic E-state index is 5.76. The molecule has 0 aliphatic heterocycles. The maximum atomic E-state index is 5.76. The van der Waals surface area contributed by atoms with Crippen LogP contribution in [0.25, 0.3) is 10.4 Å². The fourth-order valence-corrected chi connectivity index (χ4v) is 2.16. The summed E-state index contributed by atoms with van der Waals surface area (Å²) < 4.78 is 0.949. The van der Waals surface area contributed by atoms with Gasteiger partial charge in [-0.3, -0.25) is 0 Å². The predicted molar refractivity (Wildman–Crippen MR) is 59.7 cm³/mol. The molecule has 0 radical (unpaired) electrons. The average molecular weight is 255 g/mol. The number of thiophene rings is 1. The number of rotatable bonds is 1. The number of aromatic nitrogens is 1. The summed E-state index contributed by atoms with van der Waals surface area (Å²) in [6.07, 6.45) is 1.70. The van der Waals surface area contributed by atoms with Crippen molar-refractivity contribution in [3.05, 3.63) is 34.2 Å². The van der Waals surface area contributed by atoms with E-state index in [-0.39, 0.29) is 0 Å². The minimum absolute atomic E-state index is 0.575. The van der Waals surface area contributed by atoms with Gasteiger partial charge in [-0.15, -0.1) is 11.3 Å². The SMILES string of the molecule is Nc1ncc(Br)cc1-c1cccs1. The summed E-state index contributed by atoms with van der Waals surface area (Å²) >= 11 is 5.03. The lowest BCUT2D eigenvalue weighted by Gasteiger charge is -2.01. The molecule has 0 fully saturated rings. The molecule has 0 aliphatic carbocycles. The highest BCUT2D eigenvalue weighted by Gasteiger charge is 2.04. The van der Waals surface area contributed by atoms with Crippen molar-refractivity contribution < 1.29 is 0 Å². The van der Waals surface area contributed by atoms with Crippen molar-refractivity contribution in [3.8, 4) is 10.4 Å². The Morgan fingerprint density at radius 3 is 3.00 bits per heavy atom. The van der Waals surface area contributed by atoms with E-state index in [9.17, 15) is 0 Å². The predicted octanol–water partition coefficient (Wildman–Crippen LogP) is 3.15. The van der Waals surface area contributed by atoms with Gasteiger partial charge < -0.3 is 5.73 Å². The second-order valence-electron chi connectivity index (χ2n) is 2.56. The molecule has 2 rings (SSSR count). The van der Waals surface area contributed by atoms with Crippen LogP contribution in [0, 0.1) is 0 Å². The zero-order valence-electron chi connectivity index (χ0n) is 6.70. The molecule has 0 aliphatic rings. The lowest BCUT2D eigenvalue weighted by atomic mass is 10.2. The standard InChI is InChI=1S/C9H7BrN2S/c10-6-4-7(9(11)12-5-6)8-2-1-3-13-8/h1-5H,(H2,11,12). The fourth-order valence-electron chi connectivity index (χ4n) is 1.08. The molecule has 66 valence electrons. The van der Waals surface area contributed by atoms with Gasteiger partial charge in [0.2, 0.25) is 0 Å². The van der Waals surface area contributed by atoms with Gasteiger partial charge in [0.15, 0.2) is 0 Å². The van der Waals surface area contributed by atoms with Crippen LogP contribution in [0.4, 0.5) is 5.82 Å². The largest absolute Gasteiger partial charge is 0.383 e. The van der Waals surface area contributed by atoms with E-state index in [0.717, 1.165) is 14.9 Å². The van der Waals surface area contributed by atoms with Crippen molar-refractivity contribution in [2.24, 2.45) is 0 Å². The van der Waals surface area contributed by atoms with Crippen LogP contribution in [0.2, 0.25) is 0 Å². The van der Waals surface area contributed by atoms with E-state index < -0.39 is 0 Å². The third kappa shape index (κ3) is 1.73. The van der Waals surface area contributed by atoms with E-state index in [1.807, 2.05) is 23.6 Å². The Balaban J connectivity index is 2.57. The second kappa shape index (κ2) is 3.47. The fraction of sp³-hybridized carbons (Fsp3) is 0. The van der Waals surface area contributed by atoms with E-state index in [0.29, 0.717) is 5.82 Å². The van der Waals surface area contributed by atoms with Crippen LogP contribution in [-0.4, -0.2) is 4.98 Å². The van der Waals surface area contributed by atoms with Crippen molar-refractivity contribution in [2.75, 3.05) is 5.73 Å². The minimum atomic E-state index is 0.575. The second-order valence-corrected chi connectivity index (χ2v) is 4.43. The van der Waals surface area contributed by atoms with Crippen LogP contribution in [-0.2, 0) is 0 Å². The van der Waals surface area contributed by atoms with E-state index in [1.54, 1.807) is 17.5 Å². The van der Waals surface area contributed by atoms with Crippen molar-refractivity contribution >= 4 is 33.1 Å². The summed E-state index contributed by atoms with van der Waals surface area (Å²) in [5.74, 6) is 0.575. The van der Waals surface area contributed by atoms with E-state index in [1.165, 1.54) is 0 Å². The van der Waals surface area contributed by atoms with Gasteiger partial charge in [0.1, 0.15) is 5.82 Å². The third-order valence-corrected chi connectivity index (χ3v) is 3.01. The summed E-state index contributed by atoms with van der Waals surface area (Å²) in [7, 11) is 0. The normalized spacial score (nSPS) is 10.2. The first-order valence-corrected chi connectivity index (χ1v) is 5.39. The van der Waals surface area contributed by atoms with Gasteiger partial charge in [0.05, 0.1) is 0 Å². The number of nitrogens with two attached hydrogens (primary N) is 1. The summed E-state index contributed by atoms with van der Waals surface area (Å²) in [5, 5.41) is 2.02. The lowest BCUT2D eigenvalue weighted by Crippen LogP contribution is -1.92. The Morgan fingerprint density at radius 2 is 2.31 bits per heavy atom. The van der Waals surface area contributed by atoms with Gasteiger partial charge >= 0.3 is 0 Å². The van der Waals surface area contributed by atoms with Crippen molar-refractivity contribution in [3.63, 3.8) is 0 Å². The summed E-state index contributed by atoms with van der Waals surface area (Å²) in [6.45, 7) is 0. The van der Waals surface area contributed by atoms with Crippen LogP contribution in [0.1, 0.15) is 0 Å². The third-order valence-electron chi connectivity index (χ3n) is 1.67. The first-order valence-electron chi connectivity index (χ1n) is 3.72. The van der Waals surface area contributed by atoms with Crippen molar-refractivity contribution in [1.29, 1.82) is 0 Å². The van der Waals surface area contributed by atoms with Gasteiger partial charge in [-0.2, -0.15) is 0 Å². The van der Waals surface area contributed by atoms with Crippen molar-refractivity contribution in [1.82, 2.24) is 4.98 Å². The number of nitrogens with zero attached hydrogens (tertiary/aromatic N) is 1. The molecular formula is C9H7BrN2S. The molecule has 0 unspecified atom stereocenters. The number of halogens is 1. The molecule has 13 heavy (non-hydrogen) atoms. The molecule has 2 aromatic rings. The highest BCUT2D eigenvalue weighted by molar-refractivity contribution is 9.10. The Hall–Kier alpha value is -0.870. The first-order chi connectivity index (χ1) is 6.27. The first kappa shape index (κ1) is 8.72. The smallest absolute Gasteiger partial charge is 0.132 e. The molecule has 2 N–H and O–H groups in total. The summed E-state index contributed by atoms with van der Waals surface area (Å²) in [5.41, 5.74) is 6.75. The molecule has 4 heteroatoms. The van der Waals surface area contributed by atoms with E-state index >= 15 is 0 Å². The number of nitrogen functional groups attached to an aromatic ring is 1. The Bertz CT molecular complexity index is 412. The van der Waals surface area contributed by atoms with Gasteiger partial charge in [0.25, 0.3) is 0 Å². The van der Waals surface area contributed by atoms with Gasteiger partial charge in [-0.1, -0.05) is 6.07 Å². The van der Waals surface area contributed by atoms with Gasteiger partial charge in [-0.25, -0.2) is 4.98 Å². The average Bonchev–Trinajstić information content (AvgIpc) is 2.61. The number of pyridine rings is 1. The summed E-state index contributed by atoms with van der Waals surface area (Å²) in [4.78, 5) is 5.22. The molecule has 0 bridgehead atoms. The lowest BCUT2D eigenvalue weighted by molar-refractivity contribution is 1.32. The molecule has 0 aromatic carbocycles. The molecule has 0 saturated heterocycles. The van der Waals surface area contributed by atoms with Crippen LogP contribution >= 0.6 is 27.3 Å². The molecule has 0 spiro atoms. The van der Waals surface area contributed by atoms with Gasteiger partial charge in [0, 0.05) is 21.1 Å². The van der Waals surface area contributed by atoms with Crippen LogP contribution < -0.4 is 5.73 Å². The highest BCUT2D eigenvalue weighted by Crippen LogP contribution is 2.30. The quantitative estimate of drug-likeness (QED) is 0.850. The van der Waals surface area contributed by atoms with Crippen LogP contribution in [0.5, 0.6) is 0 Å². The Morgan fingerprint density at radius 1 is 1.46 bits per heavy atom. The number of hydrogen-bond donors (Lipinski definition) is 1. The molecule has 0 atom stereocenters. The number of anilines is 1. The van der Waals surface area contributed by atoms with E-state index in [2.05, 4.69) is 20.9 Å². The minimum Gasteiger partial charge on any atom is -0.383 e. The van der Waals surface area contributed by atoms with E-state index in [4.69, 9.17) is 5.73 Å². The van der Waals surface area contributed by atoms with Crippen LogP contribution in [0.3, 0.4) is 0 Å². The molecular weight excluding hydrogens is 248 g/mol. The Kier molecular flexibility index (Phi) is 2.33. The zero-order chi connectivity index (χ0) is 9.26. The topological polar surface area (TPSA) is 38.9 Å². The molecule has 0 amide bonds.